The van der Waals surface area contributed by atoms with Crippen molar-refractivity contribution in [3.05, 3.63) is 30.1 Å². The molecule has 0 saturated heterocycles. The van der Waals surface area contributed by atoms with Gasteiger partial charge in [0.1, 0.15) is 5.78 Å². The van der Waals surface area contributed by atoms with Gasteiger partial charge in [0.2, 0.25) is 0 Å². The number of carbonyl (C=O) groups excluding carboxylic acids is 1. The lowest BCUT2D eigenvalue weighted by molar-refractivity contribution is -0.118. The largest absolute Gasteiger partial charge is 0.299 e. The van der Waals surface area contributed by atoms with Crippen LogP contribution in [0, 0.1) is 17.2 Å². The van der Waals surface area contributed by atoms with Crippen molar-refractivity contribution in [2.75, 3.05) is 0 Å². The van der Waals surface area contributed by atoms with Gasteiger partial charge in [0, 0.05) is 24.2 Å². The Morgan fingerprint density at radius 1 is 1.53 bits per heavy atom. The second-order valence-corrected chi connectivity index (χ2v) is 3.71. The average molecular weight is 202 g/mol. The van der Waals surface area contributed by atoms with Crippen molar-refractivity contribution in [1.29, 1.82) is 5.26 Å². The number of Topliss-reactive ketones (excluding diaryl/α,β-unsaturated/α-hetero) is 1. The first kappa shape index (κ1) is 11.4. The maximum absolute atomic E-state index is 11.5. The molecule has 1 aromatic rings. The molecule has 0 radical (unpaired) electrons. The fourth-order valence-electron chi connectivity index (χ4n) is 1.54. The van der Waals surface area contributed by atoms with Crippen LogP contribution in [0.4, 0.5) is 0 Å². The molecule has 0 N–H and O–H groups in total. The van der Waals surface area contributed by atoms with Crippen molar-refractivity contribution in [2.24, 2.45) is 5.92 Å². The zero-order valence-corrected chi connectivity index (χ0v) is 8.97. The van der Waals surface area contributed by atoms with Crippen molar-refractivity contribution in [1.82, 2.24) is 4.98 Å². The van der Waals surface area contributed by atoms with Crippen molar-refractivity contribution in [2.45, 2.75) is 26.2 Å². The number of pyridine rings is 1. The van der Waals surface area contributed by atoms with Crippen LogP contribution in [0.3, 0.4) is 0 Å². The molecule has 3 nitrogen and oxygen atoms in total. The lowest BCUT2D eigenvalue weighted by Crippen LogP contribution is -2.12. The van der Waals surface area contributed by atoms with E-state index in [1.54, 1.807) is 19.3 Å². The summed E-state index contributed by atoms with van der Waals surface area (Å²) in [5.41, 5.74) is 0.944. The minimum absolute atomic E-state index is 0.100. The molecule has 0 aliphatic rings. The number of hydrogen-bond acceptors (Lipinski definition) is 3. The minimum Gasteiger partial charge on any atom is -0.299 e. The number of rotatable bonds is 4. The van der Waals surface area contributed by atoms with Gasteiger partial charge in [0.05, 0.1) is 6.07 Å². The summed E-state index contributed by atoms with van der Waals surface area (Å²) in [6.45, 7) is 3.40. The molecule has 0 spiro atoms. The molecule has 0 aliphatic heterocycles. The van der Waals surface area contributed by atoms with Gasteiger partial charge in [0.25, 0.3) is 0 Å². The number of aromatic nitrogens is 1. The van der Waals surface area contributed by atoms with Crippen LogP contribution in [0.2, 0.25) is 0 Å². The molecule has 3 heteroatoms. The van der Waals surface area contributed by atoms with Gasteiger partial charge in [-0.3, -0.25) is 9.78 Å². The summed E-state index contributed by atoms with van der Waals surface area (Å²) >= 11 is 0. The Morgan fingerprint density at radius 2 is 2.13 bits per heavy atom. The second-order valence-electron chi connectivity index (χ2n) is 3.71. The fourth-order valence-corrected chi connectivity index (χ4v) is 1.54. The zero-order valence-electron chi connectivity index (χ0n) is 8.97. The van der Waals surface area contributed by atoms with Crippen LogP contribution in [0.15, 0.2) is 24.5 Å². The Kier molecular flexibility index (Phi) is 3.99. The second kappa shape index (κ2) is 5.26. The van der Waals surface area contributed by atoms with Crippen LogP contribution in [0.1, 0.15) is 31.7 Å². The van der Waals surface area contributed by atoms with E-state index in [9.17, 15) is 4.79 Å². The standard InChI is InChI=1S/C12H14N2O/c1-9(8-13)7-12(10(2)15)11-3-5-14-6-4-11/h3-6,9,12H,7H2,1-2H3. The monoisotopic (exact) mass is 202 g/mol. The van der Waals surface area contributed by atoms with Crippen molar-refractivity contribution >= 4 is 5.78 Å². The highest BCUT2D eigenvalue weighted by molar-refractivity contribution is 5.83. The zero-order chi connectivity index (χ0) is 11.3. The highest BCUT2D eigenvalue weighted by Gasteiger charge is 2.19. The molecule has 1 aromatic heterocycles. The molecular formula is C12H14N2O. The van der Waals surface area contributed by atoms with Crippen LogP contribution in [0.5, 0.6) is 0 Å². The van der Waals surface area contributed by atoms with Crippen LogP contribution in [-0.4, -0.2) is 10.8 Å². The van der Waals surface area contributed by atoms with E-state index in [1.165, 1.54) is 0 Å². The molecule has 0 saturated carbocycles. The molecule has 0 bridgehead atoms. The third kappa shape index (κ3) is 3.17. The van der Waals surface area contributed by atoms with E-state index in [-0.39, 0.29) is 17.6 Å². The predicted octanol–water partition coefficient (Wildman–Crippen LogP) is 2.30. The topological polar surface area (TPSA) is 53.8 Å². The van der Waals surface area contributed by atoms with Gasteiger partial charge in [-0.05, 0) is 38.0 Å². The SMILES string of the molecule is CC(=O)C(CC(C)C#N)c1ccncc1. The molecule has 0 amide bonds. The number of nitrogens with zero attached hydrogens (tertiary/aromatic N) is 2. The molecule has 1 heterocycles. The number of carbonyl (C=O) groups is 1. The Labute approximate surface area is 89.8 Å². The van der Waals surface area contributed by atoms with Crippen molar-refractivity contribution in [3.8, 4) is 6.07 Å². The Hall–Kier alpha value is -1.69. The van der Waals surface area contributed by atoms with E-state index >= 15 is 0 Å². The van der Waals surface area contributed by atoms with Gasteiger partial charge >= 0.3 is 0 Å². The number of hydrogen-bond donors (Lipinski definition) is 0. The van der Waals surface area contributed by atoms with E-state index in [1.807, 2.05) is 19.1 Å². The fraction of sp³-hybridized carbons (Fsp3) is 0.417. The third-order valence-electron chi connectivity index (χ3n) is 2.41. The maximum atomic E-state index is 11.5. The van der Waals surface area contributed by atoms with E-state index < -0.39 is 0 Å². The summed E-state index contributed by atoms with van der Waals surface area (Å²) in [5, 5.41) is 8.74. The summed E-state index contributed by atoms with van der Waals surface area (Å²) < 4.78 is 0. The lowest BCUT2D eigenvalue weighted by atomic mass is 9.88. The highest BCUT2D eigenvalue weighted by Crippen LogP contribution is 2.23. The molecule has 15 heavy (non-hydrogen) atoms. The first-order valence-corrected chi connectivity index (χ1v) is 4.95. The normalized spacial score (nSPS) is 13.9. The minimum atomic E-state index is -0.178. The first-order valence-electron chi connectivity index (χ1n) is 4.95. The summed E-state index contributed by atoms with van der Waals surface area (Å²) in [4.78, 5) is 15.4. The van der Waals surface area contributed by atoms with Crippen LogP contribution < -0.4 is 0 Å². The van der Waals surface area contributed by atoms with Gasteiger partial charge in [-0.25, -0.2) is 0 Å². The first-order chi connectivity index (χ1) is 7.15. The van der Waals surface area contributed by atoms with Gasteiger partial charge in [-0.15, -0.1) is 0 Å². The number of ketones is 1. The molecule has 0 aliphatic carbocycles. The van der Waals surface area contributed by atoms with Crippen LogP contribution >= 0.6 is 0 Å². The van der Waals surface area contributed by atoms with Gasteiger partial charge in [0.15, 0.2) is 0 Å². The molecule has 78 valence electrons. The van der Waals surface area contributed by atoms with E-state index in [0.717, 1.165) is 5.56 Å². The lowest BCUT2D eigenvalue weighted by Gasteiger charge is -2.14. The van der Waals surface area contributed by atoms with E-state index in [2.05, 4.69) is 11.1 Å². The van der Waals surface area contributed by atoms with E-state index in [4.69, 9.17) is 5.26 Å². The summed E-state index contributed by atoms with van der Waals surface area (Å²) in [6, 6.07) is 5.81. The maximum Gasteiger partial charge on any atom is 0.137 e. The van der Waals surface area contributed by atoms with Crippen LogP contribution in [0.25, 0.3) is 0 Å². The summed E-state index contributed by atoms with van der Waals surface area (Å²) in [6.07, 6.45) is 3.92. The Bertz CT molecular complexity index is 367. The van der Waals surface area contributed by atoms with Crippen molar-refractivity contribution in [3.63, 3.8) is 0 Å². The van der Waals surface area contributed by atoms with Crippen LogP contribution in [-0.2, 0) is 4.79 Å². The summed E-state index contributed by atoms with van der Waals surface area (Å²) in [7, 11) is 0. The van der Waals surface area contributed by atoms with E-state index in [0.29, 0.717) is 6.42 Å². The predicted molar refractivity (Wildman–Crippen MR) is 57.1 cm³/mol. The Balaban J connectivity index is 2.85. The molecule has 0 fully saturated rings. The smallest absolute Gasteiger partial charge is 0.137 e. The highest BCUT2D eigenvalue weighted by atomic mass is 16.1. The molecule has 1 rings (SSSR count). The molecular weight excluding hydrogens is 188 g/mol. The number of nitriles is 1. The van der Waals surface area contributed by atoms with Gasteiger partial charge in [-0.2, -0.15) is 5.26 Å². The molecule has 0 aromatic carbocycles. The molecule has 2 unspecified atom stereocenters. The third-order valence-corrected chi connectivity index (χ3v) is 2.41. The van der Waals surface area contributed by atoms with Crippen molar-refractivity contribution < 1.29 is 4.79 Å². The molecule has 2 atom stereocenters. The average Bonchev–Trinajstić information content (AvgIpc) is 2.26. The quantitative estimate of drug-likeness (QED) is 0.752. The van der Waals surface area contributed by atoms with Gasteiger partial charge in [-0.1, -0.05) is 0 Å². The Morgan fingerprint density at radius 3 is 2.60 bits per heavy atom. The summed E-state index contributed by atoms with van der Waals surface area (Å²) in [5.74, 6) is -0.182. The van der Waals surface area contributed by atoms with Gasteiger partial charge < -0.3 is 0 Å².